The summed E-state index contributed by atoms with van der Waals surface area (Å²) in [7, 11) is 4.10. The number of fused-ring (bicyclic) bond motifs is 5. The fourth-order valence-corrected chi connectivity index (χ4v) is 7.24. The smallest absolute Gasteiger partial charge is 0.129 e. The van der Waals surface area contributed by atoms with Gasteiger partial charge in [-0.1, -0.05) is 30.7 Å². The molecule has 1 N–H and O–H groups in total. The number of rotatable bonds is 5. The minimum absolute atomic E-state index is 0.0670. The lowest BCUT2D eigenvalue weighted by Crippen LogP contribution is -2.51. The normalized spacial score (nSPS) is 45.5. The molecule has 0 aromatic heterocycles. The van der Waals surface area contributed by atoms with Gasteiger partial charge in [0.2, 0.25) is 0 Å². The van der Waals surface area contributed by atoms with Crippen LogP contribution in [0, 0.1) is 34.5 Å². The topological polar surface area (TPSA) is 45.1 Å². The molecule has 3 unspecified atom stereocenters. The van der Waals surface area contributed by atoms with Gasteiger partial charge in [0.1, 0.15) is 6.61 Å². The Morgan fingerprint density at radius 2 is 1.96 bits per heavy atom. The minimum atomic E-state index is -0.0670. The van der Waals surface area contributed by atoms with E-state index in [0.29, 0.717) is 17.9 Å². The standard InChI is InChI=1S/C24H40N2O2/c1-23-11-9-17(16-25-28-14-13-26(3)4)15-18(23)5-6-19-20-7-8-22(27)24(20,2)12-10-21(19)23/h15-17,19-22,27H,5-14H2,1-4H3/b25-16+/t17-,19?,20?,21?,22-,23-,24-/m0/s1. The van der Waals surface area contributed by atoms with Gasteiger partial charge < -0.3 is 14.8 Å². The summed E-state index contributed by atoms with van der Waals surface area (Å²) in [4.78, 5) is 7.55. The fourth-order valence-electron chi connectivity index (χ4n) is 7.24. The van der Waals surface area contributed by atoms with Gasteiger partial charge in [0.25, 0.3) is 0 Å². The molecule has 0 heterocycles. The molecule has 3 fully saturated rings. The number of aliphatic hydroxyl groups is 1. The molecule has 0 amide bonds. The van der Waals surface area contributed by atoms with E-state index in [1.807, 2.05) is 6.21 Å². The first-order chi connectivity index (χ1) is 13.3. The molecule has 0 aromatic rings. The molecule has 0 saturated heterocycles. The number of allylic oxidation sites excluding steroid dienone is 2. The highest BCUT2D eigenvalue weighted by Crippen LogP contribution is 2.65. The number of hydrogen-bond acceptors (Lipinski definition) is 4. The molecule has 4 nitrogen and oxygen atoms in total. The second kappa shape index (κ2) is 7.75. The van der Waals surface area contributed by atoms with Gasteiger partial charge in [-0.2, -0.15) is 0 Å². The maximum atomic E-state index is 10.6. The van der Waals surface area contributed by atoms with Crippen LogP contribution in [-0.2, 0) is 4.84 Å². The summed E-state index contributed by atoms with van der Waals surface area (Å²) in [5.74, 6) is 2.80. The van der Waals surface area contributed by atoms with E-state index in [-0.39, 0.29) is 11.5 Å². The largest absolute Gasteiger partial charge is 0.395 e. The van der Waals surface area contributed by atoms with Crippen molar-refractivity contribution in [1.29, 1.82) is 0 Å². The quantitative estimate of drug-likeness (QED) is 0.327. The van der Waals surface area contributed by atoms with Gasteiger partial charge in [-0.15, -0.1) is 0 Å². The lowest BCUT2D eigenvalue weighted by atomic mass is 9.47. The number of likely N-dealkylation sites (N-methyl/N-ethyl adjacent to an activating group) is 1. The van der Waals surface area contributed by atoms with Crippen LogP contribution < -0.4 is 0 Å². The molecule has 4 aliphatic rings. The predicted molar refractivity (Wildman–Crippen MR) is 114 cm³/mol. The van der Waals surface area contributed by atoms with Gasteiger partial charge in [0, 0.05) is 12.5 Å². The summed E-state index contributed by atoms with van der Waals surface area (Å²) in [5, 5.41) is 14.9. The van der Waals surface area contributed by atoms with Gasteiger partial charge in [-0.05, 0) is 94.0 Å². The molecule has 158 valence electrons. The summed E-state index contributed by atoms with van der Waals surface area (Å²) in [6.45, 7) is 6.48. The summed E-state index contributed by atoms with van der Waals surface area (Å²) in [5.41, 5.74) is 2.24. The third kappa shape index (κ3) is 3.45. The number of oxime groups is 1. The highest BCUT2D eigenvalue weighted by molar-refractivity contribution is 5.63. The van der Waals surface area contributed by atoms with Crippen molar-refractivity contribution in [2.45, 2.75) is 71.3 Å². The van der Waals surface area contributed by atoms with Gasteiger partial charge in [0.05, 0.1) is 12.3 Å². The van der Waals surface area contributed by atoms with Crippen molar-refractivity contribution in [3.8, 4) is 0 Å². The van der Waals surface area contributed by atoms with E-state index in [1.54, 1.807) is 5.57 Å². The van der Waals surface area contributed by atoms with Gasteiger partial charge in [-0.25, -0.2) is 0 Å². The van der Waals surface area contributed by atoms with Crippen molar-refractivity contribution in [3.05, 3.63) is 11.6 Å². The Kier molecular flexibility index (Phi) is 5.65. The Labute approximate surface area is 171 Å². The SMILES string of the molecule is CN(C)CCO/N=C/[C@@H]1C=C2CCC3C(CC[C@@]4(C)C3CC[C@@H]4O)[C@@]2(C)CC1. The van der Waals surface area contributed by atoms with E-state index in [9.17, 15) is 5.11 Å². The zero-order valence-electron chi connectivity index (χ0n) is 18.4. The third-order valence-electron chi connectivity index (χ3n) is 9.05. The van der Waals surface area contributed by atoms with Crippen molar-refractivity contribution >= 4 is 6.21 Å². The fraction of sp³-hybridized carbons (Fsp3) is 0.875. The average Bonchev–Trinajstić information content (AvgIpc) is 2.96. The molecule has 0 radical (unpaired) electrons. The molecule has 0 bridgehead atoms. The van der Waals surface area contributed by atoms with Crippen molar-refractivity contribution in [2.24, 2.45) is 39.7 Å². The average molecular weight is 389 g/mol. The van der Waals surface area contributed by atoms with Crippen LogP contribution in [0.15, 0.2) is 16.8 Å². The molecule has 4 rings (SSSR count). The molecule has 0 spiro atoms. The first-order valence-electron chi connectivity index (χ1n) is 11.5. The van der Waals surface area contributed by atoms with E-state index in [4.69, 9.17) is 4.84 Å². The maximum absolute atomic E-state index is 10.6. The molecule has 4 heteroatoms. The first kappa shape index (κ1) is 20.4. The van der Waals surface area contributed by atoms with E-state index in [2.05, 4.69) is 44.1 Å². The van der Waals surface area contributed by atoms with Crippen LogP contribution in [0.25, 0.3) is 0 Å². The molecule has 0 aliphatic heterocycles. The highest BCUT2D eigenvalue weighted by atomic mass is 16.6. The van der Waals surface area contributed by atoms with E-state index >= 15 is 0 Å². The number of nitrogens with zero attached hydrogens (tertiary/aromatic N) is 2. The lowest BCUT2D eigenvalue weighted by Gasteiger charge is -2.58. The van der Waals surface area contributed by atoms with Crippen molar-refractivity contribution in [2.75, 3.05) is 27.2 Å². The predicted octanol–water partition coefficient (Wildman–Crippen LogP) is 4.49. The van der Waals surface area contributed by atoms with Gasteiger partial charge in [0.15, 0.2) is 0 Å². The molecular weight excluding hydrogens is 348 g/mol. The van der Waals surface area contributed by atoms with Crippen LogP contribution in [0.3, 0.4) is 0 Å². The summed E-state index contributed by atoms with van der Waals surface area (Å²) in [6, 6.07) is 0. The first-order valence-corrected chi connectivity index (χ1v) is 11.5. The van der Waals surface area contributed by atoms with Crippen molar-refractivity contribution in [3.63, 3.8) is 0 Å². The van der Waals surface area contributed by atoms with Crippen LogP contribution >= 0.6 is 0 Å². The van der Waals surface area contributed by atoms with Crippen molar-refractivity contribution < 1.29 is 9.94 Å². The van der Waals surface area contributed by atoms with E-state index < -0.39 is 0 Å². The summed E-state index contributed by atoms with van der Waals surface area (Å²) in [6.07, 6.45) is 14.3. The Balaban J connectivity index is 1.43. The van der Waals surface area contributed by atoms with Crippen LogP contribution in [0.5, 0.6) is 0 Å². The van der Waals surface area contributed by atoms with Crippen molar-refractivity contribution in [1.82, 2.24) is 4.90 Å². The van der Waals surface area contributed by atoms with E-state index in [0.717, 1.165) is 30.7 Å². The molecule has 0 aromatic carbocycles. The molecular formula is C24H40N2O2. The molecule has 7 atom stereocenters. The van der Waals surface area contributed by atoms with E-state index in [1.165, 1.54) is 44.9 Å². The van der Waals surface area contributed by atoms with Crippen LogP contribution in [-0.4, -0.2) is 49.6 Å². The van der Waals surface area contributed by atoms with Crippen LogP contribution in [0.4, 0.5) is 0 Å². The number of hydrogen-bond donors (Lipinski definition) is 1. The summed E-state index contributed by atoms with van der Waals surface area (Å²) < 4.78 is 0. The maximum Gasteiger partial charge on any atom is 0.129 e. The molecule has 3 saturated carbocycles. The van der Waals surface area contributed by atoms with Gasteiger partial charge >= 0.3 is 0 Å². The zero-order valence-corrected chi connectivity index (χ0v) is 18.4. The number of aliphatic hydroxyl groups excluding tert-OH is 1. The Morgan fingerprint density at radius 3 is 2.75 bits per heavy atom. The minimum Gasteiger partial charge on any atom is -0.395 e. The zero-order chi connectivity index (χ0) is 19.9. The Bertz CT molecular complexity index is 630. The highest BCUT2D eigenvalue weighted by Gasteiger charge is 2.58. The lowest BCUT2D eigenvalue weighted by molar-refractivity contribution is -0.0741. The molecule has 4 aliphatic carbocycles. The third-order valence-corrected chi connectivity index (χ3v) is 9.05. The second-order valence-electron chi connectivity index (χ2n) is 10.8. The monoisotopic (exact) mass is 388 g/mol. The Hall–Kier alpha value is -0.870. The van der Waals surface area contributed by atoms with Crippen LogP contribution in [0.1, 0.15) is 65.2 Å². The Morgan fingerprint density at radius 1 is 1.14 bits per heavy atom. The van der Waals surface area contributed by atoms with Crippen LogP contribution in [0.2, 0.25) is 0 Å². The van der Waals surface area contributed by atoms with Gasteiger partial charge in [-0.3, -0.25) is 0 Å². The summed E-state index contributed by atoms with van der Waals surface area (Å²) >= 11 is 0. The second-order valence-corrected chi connectivity index (χ2v) is 10.8. The molecule has 28 heavy (non-hydrogen) atoms.